The topological polar surface area (TPSA) is 105 Å². The first-order valence-electron chi connectivity index (χ1n) is 8.04. The number of nitriles is 1. The molecule has 0 unspecified atom stereocenters. The zero-order valence-corrected chi connectivity index (χ0v) is 15.2. The molecule has 0 aliphatic carbocycles. The number of fused-ring (bicyclic) bond motifs is 1. The highest BCUT2D eigenvalue weighted by atomic mass is 32.2. The zero-order valence-electron chi connectivity index (χ0n) is 14.3. The molecule has 1 N–H and O–H groups in total. The highest BCUT2D eigenvalue weighted by molar-refractivity contribution is 7.99. The van der Waals surface area contributed by atoms with Gasteiger partial charge in [-0.25, -0.2) is 4.98 Å². The van der Waals surface area contributed by atoms with Crippen LogP contribution in [0.15, 0.2) is 58.2 Å². The van der Waals surface area contributed by atoms with E-state index in [9.17, 15) is 9.59 Å². The fourth-order valence-electron chi connectivity index (χ4n) is 2.19. The second-order valence-corrected chi connectivity index (χ2v) is 6.47. The maximum Gasteiger partial charge on any atom is 0.317 e. The lowest BCUT2D eigenvalue weighted by Crippen LogP contribution is -2.30. The lowest BCUT2D eigenvalue weighted by molar-refractivity contribution is -0.150. The monoisotopic (exact) mass is 381 g/mol. The van der Waals surface area contributed by atoms with Crippen LogP contribution in [0.4, 0.5) is 5.69 Å². The molecule has 0 bridgehead atoms. The molecule has 3 aromatic rings. The summed E-state index contributed by atoms with van der Waals surface area (Å²) in [5.74, 6) is -1.04. The minimum Gasteiger partial charge on any atom is -0.452 e. The zero-order chi connectivity index (χ0) is 19.2. The van der Waals surface area contributed by atoms with Crippen LogP contribution in [0.1, 0.15) is 12.5 Å². The van der Waals surface area contributed by atoms with E-state index in [4.69, 9.17) is 14.4 Å². The molecule has 8 heteroatoms. The molecule has 0 spiro atoms. The van der Waals surface area contributed by atoms with Crippen molar-refractivity contribution in [3.05, 3.63) is 54.1 Å². The molecular formula is C19H15N3O4S. The number of thioether (sulfide) groups is 1. The third-order valence-corrected chi connectivity index (χ3v) is 4.35. The number of carbonyl (C=O) groups excluding carboxylic acids is 2. The highest BCUT2D eigenvalue weighted by Crippen LogP contribution is 2.23. The standard InChI is InChI=1S/C19H15N3O4S/c1-12(18(24)21-14-8-6-13(10-20)7-9-14)25-17(23)11-27-19-22-15-4-2-3-5-16(15)26-19/h2-9,12H,11H2,1H3,(H,21,24)/t12-/m1/s1. The first-order valence-corrected chi connectivity index (χ1v) is 9.02. The first-order chi connectivity index (χ1) is 13.0. The van der Waals surface area contributed by atoms with Crippen LogP contribution in [0.2, 0.25) is 0 Å². The van der Waals surface area contributed by atoms with E-state index in [1.54, 1.807) is 30.3 Å². The molecule has 0 saturated heterocycles. The molecule has 1 heterocycles. The minimum absolute atomic E-state index is 0.0265. The number of anilines is 1. The summed E-state index contributed by atoms with van der Waals surface area (Å²) < 4.78 is 10.6. The van der Waals surface area contributed by atoms with Crippen molar-refractivity contribution < 1.29 is 18.7 Å². The summed E-state index contributed by atoms with van der Waals surface area (Å²) in [7, 11) is 0. The van der Waals surface area contributed by atoms with Gasteiger partial charge in [-0.15, -0.1) is 0 Å². The number of amides is 1. The Kier molecular flexibility index (Phi) is 5.74. The highest BCUT2D eigenvalue weighted by Gasteiger charge is 2.19. The Bertz CT molecular complexity index is 975. The number of hydrogen-bond donors (Lipinski definition) is 1. The lowest BCUT2D eigenvalue weighted by Gasteiger charge is -2.13. The predicted octanol–water partition coefficient (Wildman–Crippen LogP) is 3.36. The first kappa shape index (κ1) is 18.5. The smallest absolute Gasteiger partial charge is 0.317 e. The molecule has 0 fully saturated rings. The van der Waals surface area contributed by atoms with E-state index in [1.807, 2.05) is 24.3 Å². The van der Waals surface area contributed by atoms with Gasteiger partial charge in [0.1, 0.15) is 11.3 Å². The van der Waals surface area contributed by atoms with Gasteiger partial charge in [-0.1, -0.05) is 23.9 Å². The number of nitrogens with one attached hydrogen (secondary N) is 1. The number of para-hydroxylation sites is 2. The van der Waals surface area contributed by atoms with Crippen LogP contribution < -0.4 is 5.32 Å². The molecular weight excluding hydrogens is 366 g/mol. The second-order valence-electron chi connectivity index (χ2n) is 5.55. The second kappa shape index (κ2) is 8.38. The van der Waals surface area contributed by atoms with E-state index in [0.717, 1.165) is 11.8 Å². The van der Waals surface area contributed by atoms with Crippen LogP contribution >= 0.6 is 11.8 Å². The largest absolute Gasteiger partial charge is 0.452 e. The van der Waals surface area contributed by atoms with E-state index >= 15 is 0 Å². The summed E-state index contributed by atoms with van der Waals surface area (Å²) in [5.41, 5.74) is 2.36. The average molecular weight is 381 g/mol. The molecule has 1 atom stereocenters. The number of nitrogens with zero attached hydrogens (tertiary/aromatic N) is 2. The van der Waals surface area contributed by atoms with Crippen molar-refractivity contribution in [2.75, 3.05) is 11.1 Å². The van der Waals surface area contributed by atoms with Gasteiger partial charge in [0.25, 0.3) is 11.1 Å². The molecule has 0 saturated carbocycles. The van der Waals surface area contributed by atoms with Crippen molar-refractivity contribution >= 4 is 40.4 Å². The van der Waals surface area contributed by atoms with Crippen molar-refractivity contribution in [2.24, 2.45) is 0 Å². The molecule has 2 aromatic carbocycles. The van der Waals surface area contributed by atoms with Gasteiger partial charge in [0.05, 0.1) is 11.6 Å². The fraction of sp³-hybridized carbons (Fsp3) is 0.158. The number of benzene rings is 2. The number of esters is 1. The van der Waals surface area contributed by atoms with E-state index in [1.165, 1.54) is 6.92 Å². The Morgan fingerprint density at radius 2 is 2.00 bits per heavy atom. The van der Waals surface area contributed by atoms with E-state index in [0.29, 0.717) is 27.6 Å². The lowest BCUT2D eigenvalue weighted by atomic mass is 10.2. The van der Waals surface area contributed by atoms with Crippen LogP contribution in [-0.4, -0.2) is 28.7 Å². The molecule has 0 aliphatic rings. The summed E-state index contributed by atoms with van der Waals surface area (Å²) >= 11 is 1.10. The maximum absolute atomic E-state index is 12.1. The van der Waals surface area contributed by atoms with Crippen molar-refractivity contribution in [3.8, 4) is 6.07 Å². The average Bonchev–Trinajstić information content (AvgIpc) is 3.10. The number of rotatable bonds is 6. The Morgan fingerprint density at radius 3 is 2.70 bits per heavy atom. The quantitative estimate of drug-likeness (QED) is 0.515. The van der Waals surface area contributed by atoms with Crippen molar-refractivity contribution in [1.82, 2.24) is 4.98 Å². The van der Waals surface area contributed by atoms with Crippen molar-refractivity contribution in [2.45, 2.75) is 18.3 Å². The van der Waals surface area contributed by atoms with Gasteiger partial charge >= 0.3 is 5.97 Å². The summed E-state index contributed by atoms with van der Waals surface area (Å²) in [6, 6.07) is 15.7. The van der Waals surface area contributed by atoms with E-state index in [-0.39, 0.29) is 5.75 Å². The number of ether oxygens (including phenoxy) is 1. The van der Waals surface area contributed by atoms with Crippen LogP contribution in [0.3, 0.4) is 0 Å². The van der Waals surface area contributed by atoms with Gasteiger partial charge < -0.3 is 14.5 Å². The minimum atomic E-state index is -0.961. The summed E-state index contributed by atoms with van der Waals surface area (Å²) in [5, 5.41) is 11.8. The van der Waals surface area contributed by atoms with Crippen LogP contribution in [0, 0.1) is 11.3 Å². The predicted molar refractivity (Wildman–Crippen MR) is 100 cm³/mol. The van der Waals surface area contributed by atoms with E-state index < -0.39 is 18.0 Å². The third kappa shape index (κ3) is 4.86. The van der Waals surface area contributed by atoms with E-state index in [2.05, 4.69) is 10.3 Å². The summed E-state index contributed by atoms with van der Waals surface area (Å²) in [6.45, 7) is 1.49. The Morgan fingerprint density at radius 1 is 1.26 bits per heavy atom. The van der Waals surface area contributed by atoms with Crippen LogP contribution in [-0.2, 0) is 14.3 Å². The molecule has 1 amide bonds. The molecule has 1 aromatic heterocycles. The molecule has 27 heavy (non-hydrogen) atoms. The third-order valence-electron chi connectivity index (χ3n) is 3.55. The van der Waals surface area contributed by atoms with Crippen LogP contribution in [0.5, 0.6) is 0 Å². The molecule has 7 nitrogen and oxygen atoms in total. The Labute approximate surface area is 159 Å². The van der Waals surface area contributed by atoms with Gasteiger partial charge in [0.15, 0.2) is 11.7 Å². The number of hydrogen-bond acceptors (Lipinski definition) is 7. The Hall–Kier alpha value is -3.31. The number of oxazole rings is 1. The maximum atomic E-state index is 12.1. The molecule has 0 radical (unpaired) electrons. The van der Waals surface area contributed by atoms with Gasteiger partial charge in [0.2, 0.25) is 0 Å². The van der Waals surface area contributed by atoms with Crippen molar-refractivity contribution in [1.29, 1.82) is 5.26 Å². The fourth-order valence-corrected chi connectivity index (χ4v) is 2.81. The van der Waals surface area contributed by atoms with Gasteiger partial charge in [-0.3, -0.25) is 9.59 Å². The summed E-state index contributed by atoms with van der Waals surface area (Å²) in [6.07, 6.45) is -0.961. The van der Waals surface area contributed by atoms with Gasteiger partial charge in [-0.05, 0) is 43.3 Å². The Balaban J connectivity index is 1.48. The normalized spacial score (nSPS) is 11.6. The molecule has 3 rings (SSSR count). The van der Waals surface area contributed by atoms with Gasteiger partial charge in [-0.2, -0.15) is 5.26 Å². The SMILES string of the molecule is C[C@@H](OC(=O)CSc1nc2ccccc2o1)C(=O)Nc1ccc(C#N)cc1. The molecule has 0 aliphatic heterocycles. The van der Waals surface area contributed by atoms with Crippen molar-refractivity contribution in [3.63, 3.8) is 0 Å². The summed E-state index contributed by atoms with van der Waals surface area (Å²) in [4.78, 5) is 28.3. The number of aromatic nitrogens is 1. The molecule has 136 valence electrons. The van der Waals surface area contributed by atoms with Crippen LogP contribution in [0.25, 0.3) is 11.1 Å². The van der Waals surface area contributed by atoms with Gasteiger partial charge in [0, 0.05) is 5.69 Å². The number of carbonyl (C=O) groups is 2.